The zero-order valence-electron chi connectivity index (χ0n) is 17.6. The van der Waals surface area contributed by atoms with E-state index in [0.29, 0.717) is 28.7 Å². The summed E-state index contributed by atoms with van der Waals surface area (Å²) in [6.45, 7) is 5.81. The fourth-order valence-electron chi connectivity index (χ4n) is 3.18. The summed E-state index contributed by atoms with van der Waals surface area (Å²) in [6.07, 6.45) is 2.66. The van der Waals surface area contributed by atoms with Crippen LogP contribution in [0.15, 0.2) is 39.9 Å². The Balaban J connectivity index is 1.93. The summed E-state index contributed by atoms with van der Waals surface area (Å²) in [6, 6.07) is 4.37. The van der Waals surface area contributed by atoms with Gasteiger partial charge >= 0.3 is 0 Å². The van der Waals surface area contributed by atoms with Crippen molar-refractivity contribution in [1.82, 2.24) is 9.97 Å². The Hall–Kier alpha value is -2.88. The summed E-state index contributed by atoms with van der Waals surface area (Å²) in [4.78, 5) is 25.1. The number of nitrogens with two attached hydrogens (primary N) is 1. The van der Waals surface area contributed by atoms with E-state index in [-0.39, 0.29) is 10.4 Å². The molecule has 1 aromatic heterocycles. The Bertz CT molecular complexity index is 1040. The van der Waals surface area contributed by atoms with Crippen LogP contribution in [0.1, 0.15) is 36.8 Å². The van der Waals surface area contributed by atoms with Gasteiger partial charge in [-0.3, -0.25) is 14.1 Å². The molecule has 2 atom stereocenters. The summed E-state index contributed by atoms with van der Waals surface area (Å²) >= 11 is 0. The van der Waals surface area contributed by atoms with Crippen LogP contribution in [0.2, 0.25) is 0 Å². The van der Waals surface area contributed by atoms with Crippen LogP contribution in [0.3, 0.4) is 0 Å². The molecule has 0 saturated carbocycles. The van der Waals surface area contributed by atoms with E-state index < -0.39 is 28.0 Å². The molecule has 8 nitrogen and oxygen atoms in total. The molecule has 3 rings (SSSR count). The first kappa shape index (κ1) is 21.8. The summed E-state index contributed by atoms with van der Waals surface area (Å²) in [5, 5.41) is 2.72. The predicted molar refractivity (Wildman–Crippen MR) is 117 cm³/mol. The van der Waals surface area contributed by atoms with E-state index >= 15 is 0 Å². The van der Waals surface area contributed by atoms with Crippen molar-refractivity contribution in [3.8, 4) is 5.88 Å². The summed E-state index contributed by atoms with van der Waals surface area (Å²) in [7, 11) is 2.77. The first-order valence-electron chi connectivity index (χ1n) is 9.25. The number of ether oxygens (including phenoxy) is 1. The van der Waals surface area contributed by atoms with Crippen LogP contribution in [0, 0.1) is 5.82 Å². The Morgan fingerprint density at radius 2 is 2.03 bits per heavy atom. The molecule has 10 heteroatoms. The molecule has 1 aromatic carbocycles. The number of amidine groups is 1. The number of carbonyl (C=O) groups excluding carboxylic acids is 1. The van der Waals surface area contributed by atoms with Crippen molar-refractivity contribution in [2.45, 2.75) is 31.1 Å². The number of aromatic nitrogens is 2. The minimum absolute atomic E-state index is 0.112. The molecule has 2 heterocycles. The lowest BCUT2D eigenvalue weighted by Crippen LogP contribution is -2.51. The van der Waals surface area contributed by atoms with Crippen LogP contribution in [0.4, 0.5) is 10.1 Å². The number of amides is 1. The number of methoxy groups -OCH3 is 1. The standard InChI is InChI=1S/C20H25FN6O2S/c1-19(2)18(22)27-20(3,11-30(19)23-4)13-8-12(6-7-14(13)21)26-17(28)15-9-25-16(29-5)10-24-15/h6-10H,11H2,1-5H3,(H2,22,27)(H,26,28)/t20-,30-/m0/s1. The third kappa shape index (κ3) is 4.04. The van der Waals surface area contributed by atoms with Gasteiger partial charge in [-0.1, -0.05) is 10.7 Å². The van der Waals surface area contributed by atoms with Gasteiger partial charge in [-0.05, 0) is 39.0 Å². The van der Waals surface area contributed by atoms with Gasteiger partial charge in [0.05, 0.1) is 29.8 Å². The molecule has 0 saturated heterocycles. The Morgan fingerprint density at radius 1 is 1.30 bits per heavy atom. The topological polar surface area (TPSA) is 115 Å². The monoisotopic (exact) mass is 432 g/mol. The highest BCUT2D eigenvalue weighted by Gasteiger charge is 2.42. The lowest BCUT2D eigenvalue weighted by Gasteiger charge is -2.40. The zero-order chi connectivity index (χ0) is 22.1. The Kier molecular flexibility index (Phi) is 5.89. The van der Waals surface area contributed by atoms with Gasteiger partial charge in [0.2, 0.25) is 5.88 Å². The van der Waals surface area contributed by atoms with Crippen LogP contribution in [-0.4, -0.2) is 46.4 Å². The summed E-state index contributed by atoms with van der Waals surface area (Å²) in [5.41, 5.74) is 6.22. The maximum absolute atomic E-state index is 14.8. The van der Waals surface area contributed by atoms with Crippen LogP contribution >= 0.6 is 0 Å². The van der Waals surface area contributed by atoms with Gasteiger partial charge in [0.25, 0.3) is 5.91 Å². The first-order valence-corrected chi connectivity index (χ1v) is 10.6. The normalized spacial score (nSPS) is 23.0. The van der Waals surface area contributed by atoms with Gasteiger partial charge in [0.1, 0.15) is 17.3 Å². The Labute approximate surface area is 177 Å². The lowest BCUT2D eigenvalue weighted by atomic mass is 9.92. The van der Waals surface area contributed by atoms with Crippen LogP contribution in [0.25, 0.3) is 0 Å². The number of carbonyl (C=O) groups is 1. The van der Waals surface area contributed by atoms with E-state index in [1.54, 1.807) is 13.1 Å². The van der Waals surface area contributed by atoms with E-state index in [1.165, 1.54) is 31.6 Å². The average molecular weight is 433 g/mol. The first-order chi connectivity index (χ1) is 14.1. The van der Waals surface area contributed by atoms with Gasteiger partial charge in [-0.2, -0.15) is 0 Å². The molecular weight excluding hydrogens is 407 g/mol. The molecule has 0 spiro atoms. The van der Waals surface area contributed by atoms with E-state index in [4.69, 9.17) is 10.5 Å². The number of anilines is 1. The lowest BCUT2D eigenvalue weighted by molar-refractivity contribution is 0.102. The molecule has 1 aliphatic rings. The molecule has 0 fully saturated rings. The van der Waals surface area contributed by atoms with Crippen molar-refractivity contribution in [2.24, 2.45) is 15.1 Å². The summed E-state index contributed by atoms with van der Waals surface area (Å²) < 4.78 is 23.8. The van der Waals surface area contributed by atoms with Crippen molar-refractivity contribution in [3.63, 3.8) is 0 Å². The molecular formula is C20H25FN6O2S. The minimum atomic E-state index is -0.896. The molecule has 0 aliphatic carbocycles. The van der Waals surface area contributed by atoms with E-state index in [9.17, 15) is 9.18 Å². The number of hydrogen-bond acceptors (Lipinski definition) is 7. The highest BCUT2D eigenvalue weighted by atomic mass is 32.2. The van der Waals surface area contributed by atoms with Crippen molar-refractivity contribution in [3.05, 3.63) is 47.7 Å². The molecule has 160 valence electrons. The number of nitrogens with one attached hydrogen (secondary N) is 1. The molecule has 1 amide bonds. The SMILES string of the molecule is CN=[S@]1C[C@@](C)(c2cc(NC(=O)c3cnc(OC)cn3)ccc2F)N=C(N)C1(C)C. The number of halogens is 1. The largest absolute Gasteiger partial charge is 0.480 e. The predicted octanol–water partition coefficient (Wildman–Crippen LogP) is 2.67. The average Bonchev–Trinajstić information content (AvgIpc) is 2.72. The number of rotatable bonds is 4. The molecule has 0 radical (unpaired) electrons. The molecule has 3 N–H and O–H groups in total. The molecule has 0 unspecified atom stereocenters. The molecule has 0 bridgehead atoms. The number of benzene rings is 1. The maximum Gasteiger partial charge on any atom is 0.275 e. The second-order valence-corrected chi connectivity index (χ2v) is 9.97. The van der Waals surface area contributed by atoms with Crippen LogP contribution in [0.5, 0.6) is 5.88 Å². The van der Waals surface area contributed by atoms with Gasteiger partial charge < -0.3 is 15.8 Å². The van der Waals surface area contributed by atoms with Crippen molar-refractivity contribution in [2.75, 3.05) is 25.2 Å². The quantitative estimate of drug-likeness (QED) is 0.771. The molecule has 1 aliphatic heterocycles. The minimum Gasteiger partial charge on any atom is -0.480 e. The number of aliphatic imine (C=N–C) groups is 1. The highest BCUT2D eigenvalue weighted by molar-refractivity contribution is 7.89. The van der Waals surface area contributed by atoms with Gasteiger partial charge in [-0.15, -0.1) is 0 Å². The zero-order valence-corrected chi connectivity index (χ0v) is 18.4. The third-order valence-electron chi connectivity index (χ3n) is 5.09. The van der Waals surface area contributed by atoms with Crippen LogP contribution < -0.4 is 15.8 Å². The third-order valence-corrected chi connectivity index (χ3v) is 7.75. The van der Waals surface area contributed by atoms with Gasteiger partial charge in [-0.25, -0.2) is 14.4 Å². The second-order valence-electron chi connectivity index (χ2n) is 7.57. The van der Waals surface area contributed by atoms with E-state index in [1.807, 2.05) is 20.8 Å². The van der Waals surface area contributed by atoms with E-state index in [0.717, 1.165) is 0 Å². The second kappa shape index (κ2) is 8.10. The number of nitrogens with zero attached hydrogens (tertiary/aromatic N) is 4. The van der Waals surface area contributed by atoms with Gasteiger partial charge in [0, 0.05) is 24.1 Å². The fraction of sp³-hybridized carbons (Fsp3) is 0.400. The van der Waals surface area contributed by atoms with E-state index in [2.05, 4.69) is 24.6 Å². The maximum atomic E-state index is 14.8. The fourth-order valence-corrected chi connectivity index (χ4v) is 5.17. The highest BCUT2D eigenvalue weighted by Crippen LogP contribution is 2.37. The molecule has 30 heavy (non-hydrogen) atoms. The van der Waals surface area contributed by atoms with Crippen molar-refractivity contribution < 1.29 is 13.9 Å². The van der Waals surface area contributed by atoms with Crippen molar-refractivity contribution in [1.29, 1.82) is 0 Å². The van der Waals surface area contributed by atoms with Crippen molar-refractivity contribution >= 4 is 28.1 Å². The number of hydrogen-bond donors (Lipinski definition) is 2. The summed E-state index contributed by atoms with van der Waals surface area (Å²) in [5.74, 6) is 0.373. The van der Waals surface area contributed by atoms with Gasteiger partial charge in [0.15, 0.2) is 0 Å². The Morgan fingerprint density at radius 3 is 2.63 bits per heavy atom. The van der Waals surface area contributed by atoms with Crippen LogP contribution in [-0.2, 0) is 16.2 Å². The smallest absolute Gasteiger partial charge is 0.275 e. The molecule has 2 aromatic rings.